The maximum absolute atomic E-state index is 14.9. The van der Waals surface area contributed by atoms with E-state index >= 15 is 0 Å². The zero-order valence-corrected chi connectivity index (χ0v) is 70.4. The molecule has 1 saturated heterocycles. The third-order valence-electron chi connectivity index (χ3n) is 17.2. The van der Waals surface area contributed by atoms with Gasteiger partial charge in [-0.1, -0.05) is 19.2 Å². The monoisotopic (exact) mass is 1960 g/mol. The summed E-state index contributed by atoms with van der Waals surface area (Å²) in [7, 11) is -1.39. The SMILES string of the molecule is C=C(B1OC(C)CC(C)(C)O1)C(F)(F)F.C=C(c1c(N)c(C(C)=O)nn1-c1c(F)cc(C#N)cc1F)C(F)(F)F.CC(=O)C1=C(N)C(Br)=NC1.CC(=O)c1c(N)c(Br)nn1-c1c(F)cc(C#N)cc1F.CC(=O)c1nn(-c2c(F)cc(C#N)cc2F)c(Br)c1N.Cc1ccc(F)cc1C(=O)NCc1cc(F)c(-n2nc(C(C)C(F)(F)F)c(N)c2C(N)=O)c(F)c1. The van der Waals surface area contributed by atoms with Crippen molar-refractivity contribution in [3.63, 3.8) is 0 Å². The lowest BCUT2D eigenvalue weighted by atomic mass is 9.74. The van der Waals surface area contributed by atoms with Crippen LogP contribution >= 0.6 is 47.8 Å². The average molecular weight is 1960 g/mol. The number of rotatable bonds is 15. The van der Waals surface area contributed by atoms with Crippen LogP contribution in [0.15, 0.2) is 111 Å². The van der Waals surface area contributed by atoms with Gasteiger partial charge < -0.3 is 49.0 Å². The first-order valence-corrected chi connectivity index (χ1v) is 37.1. The number of benzene rings is 5. The minimum Gasteiger partial charge on any atom is -0.405 e. The highest BCUT2D eigenvalue weighted by molar-refractivity contribution is 9.18. The predicted molar refractivity (Wildman–Crippen MR) is 426 cm³/mol. The molecular formula is C76H63BBr3F18N19O8. The Morgan fingerprint density at radius 1 is 0.592 bits per heavy atom. The Morgan fingerprint density at radius 2 is 1.02 bits per heavy atom. The zero-order chi connectivity index (χ0) is 95.0. The number of primary amides is 1. The predicted octanol–water partition coefficient (Wildman–Crippen LogP) is 15.7. The van der Waals surface area contributed by atoms with Crippen LogP contribution < -0.4 is 39.7 Å². The van der Waals surface area contributed by atoms with Gasteiger partial charge in [-0.25, -0.2) is 58.2 Å². The number of aryl methyl sites for hydroxylation is 1. The molecule has 0 bridgehead atoms. The van der Waals surface area contributed by atoms with Crippen molar-refractivity contribution in [2.24, 2.45) is 16.5 Å². The fraction of sp³-hybridized carbons (Fsp3) is 0.237. The van der Waals surface area contributed by atoms with Gasteiger partial charge in [-0.3, -0.25) is 33.8 Å². The second-order valence-corrected chi connectivity index (χ2v) is 29.2. The highest BCUT2D eigenvalue weighted by Crippen LogP contribution is 2.42. The summed E-state index contributed by atoms with van der Waals surface area (Å²) in [5, 5.41) is 43.0. The Bertz CT molecular complexity index is 5960. The van der Waals surface area contributed by atoms with Gasteiger partial charge in [0.15, 0.2) is 91.4 Å². The van der Waals surface area contributed by atoms with Gasteiger partial charge in [0.2, 0.25) is 0 Å². The van der Waals surface area contributed by atoms with E-state index in [1.165, 1.54) is 39.0 Å². The number of hydrogen-bond acceptors (Lipinski definition) is 21. The molecule has 2 aliphatic heterocycles. The summed E-state index contributed by atoms with van der Waals surface area (Å²) in [4.78, 5) is 73.3. The zero-order valence-electron chi connectivity index (χ0n) is 65.7. The third-order valence-corrected chi connectivity index (χ3v) is 19.2. The largest absolute Gasteiger partial charge is 0.498 e. The number of nitrogens with two attached hydrogens (primary N) is 6. The molecule has 0 saturated carbocycles. The lowest BCUT2D eigenvalue weighted by Crippen LogP contribution is -2.48. The van der Waals surface area contributed by atoms with Crippen molar-refractivity contribution in [1.82, 2.24) is 44.4 Å². The standard InChI is InChI=1S/C22H19F6N5O2.C15H9F5N4O.2C12H7BrF2N4O.C9H14BF3O2.C6H7BrN2O/c1-9-3-4-12(23)7-13(9)21(35)31-8-11-5-14(24)18(15(25)6-11)33-19(20(30)34)16(29)17(32-33)10(2)22(26,27)28;1-6(15(18,19)20)13-11(22)12(7(2)25)23-24(13)14-9(16)3-8(5-21)4-10(14)17;1-5(20)10-9(17)12(13)18-19(10)11-7(14)2-6(4-16)3-8(11)15;1-5(20)10-9(17)12(13)19(18-10)11-7(14)2-6(4-16)3-8(11)15;1-6-5-8(3,4)15-10(14-6)7(2)9(11,12)13;1-3(10)4-2-9-6(7)5(4)8/h3-7,10H,8,29H2,1-2H3,(H2,30,34)(H,31,35);3-4H,1,22H2,2H3;2*2-3H,17H2,1H3;6H,2,5H2,1,3-4H3;2,8H2,1H3. The van der Waals surface area contributed by atoms with Gasteiger partial charge in [-0.05, 0) is 168 Å². The van der Waals surface area contributed by atoms with Crippen LogP contribution in [0, 0.1) is 93.3 Å². The topological polar surface area (TPSA) is 444 Å². The number of anilines is 4. The number of Topliss-reactive ketones (excluding diaryl/α,β-unsaturated/α-hetero) is 4. The van der Waals surface area contributed by atoms with Crippen molar-refractivity contribution in [1.29, 1.82) is 15.8 Å². The molecule has 125 heavy (non-hydrogen) atoms. The second-order valence-electron chi connectivity index (χ2n) is 27.0. The number of aliphatic imine (C=N–C) groups is 1. The Morgan fingerprint density at radius 3 is 1.38 bits per heavy atom. The molecule has 0 radical (unpaired) electrons. The van der Waals surface area contributed by atoms with Gasteiger partial charge in [-0.15, -0.1) is 0 Å². The summed E-state index contributed by atoms with van der Waals surface area (Å²) in [6.45, 7) is 18.3. The molecule has 9 aromatic rings. The molecule has 5 aromatic carbocycles. The molecule has 11 rings (SSSR count). The minimum absolute atomic E-state index is 0.00398. The van der Waals surface area contributed by atoms with Gasteiger partial charge in [0.1, 0.15) is 49.2 Å². The number of alkyl halides is 9. The number of carbonyl (C=O) groups is 6. The van der Waals surface area contributed by atoms with E-state index < -0.39 is 187 Å². The van der Waals surface area contributed by atoms with E-state index in [0.29, 0.717) is 58.2 Å². The van der Waals surface area contributed by atoms with Gasteiger partial charge >= 0.3 is 25.6 Å². The van der Waals surface area contributed by atoms with Crippen LogP contribution in [0.4, 0.5) is 102 Å². The van der Waals surface area contributed by atoms with Gasteiger partial charge in [0.05, 0.1) is 98.1 Å². The number of halogens is 21. The summed E-state index contributed by atoms with van der Waals surface area (Å²) in [6, 6.07) is 14.6. The van der Waals surface area contributed by atoms with E-state index in [1.807, 2.05) is 0 Å². The lowest BCUT2D eigenvalue weighted by molar-refractivity contribution is -0.147. The molecule has 660 valence electrons. The van der Waals surface area contributed by atoms with E-state index in [4.69, 9.17) is 59.5 Å². The van der Waals surface area contributed by atoms with Crippen LogP contribution in [-0.2, 0) is 20.6 Å². The number of nitrogens with zero attached hydrogens (tertiary/aromatic N) is 12. The second kappa shape index (κ2) is 40.2. The van der Waals surface area contributed by atoms with Crippen molar-refractivity contribution < 1.29 is 117 Å². The maximum atomic E-state index is 14.9. The number of aromatic nitrogens is 8. The number of amides is 2. The Balaban J connectivity index is 0.000000240. The number of nitrogens with one attached hydrogen (secondary N) is 1. The van der Waals surface area contributed by atoms with Crippen molar-refractivity contribution >= 4 is 123 Å². The van der Waals surface area contributed by atoms with Gasteiger partial charge in [0.25, 0.3) is 11.8 Å². The Labute approximate surface area is 720 Å². The first kappa shape index (κ1) is 101. The molecule has 4 aromatic heterocycles. The molecule has 2 atom stereocenters. The summed E-state index contributed by atoms with van der Waals surface area (Å²) >= 11 is 9.17. The number of allylic oxidation sites excluding steroid dienone is 3. The molecule has 2 amide bonds. The van der Waals surface area contributed by atoms with E-state index in [0.717, 1.165) is 58.8 Å². The van der Waals surface area contributed by atoms with Crippen LogP contribution in [0.5, 0.6) is 0 Å². The summed E-state index contributed by atoms with van der Waals surface area (Å²) in [5.74, 6) is -16.0. The van der Waals surface area contributed by atoms with Crippen molar-refractivity contribution in [3.05, 3.63) is 226 Å². The number of nitriles is 3. The van der Waals surface area contributed by atoms with E-state index in [9.17, 15) is 108 Å². The lowest BCUT2D eigenvalue weighted by Gasteiger charge is -2.38. The Hall–Kier alpha value is -12.9. The summed E-state index contributed by atoms with van der Waals surface area (Å²) in [5.41, 5.74) is 22.8. The van der Waals surface area contributed by atoms with E-state index in [-0.39, 0.29) is 82.9 Å². The quantitative estimate of drug-likeness (QED) is 0.0285. The van der Waals surface area contributed by atoms with Crippen LogP contribution in [0.2, 0.25) is 0 Å². The van der Waals surface area contributed by atoms with Crippen molar-refractivity contribution in [2.75, 3.05) is 29.5 Å². The van der Waals surface area contributed by atoms with Gasteiger partial charge in [0, 0.05) is 44.6 Å². The third kappa shape index (κ3) is 23.7. The fourth-order valence-electron chi connectivity index (χ4n) is 11.2. The van der Waals surface area contributed by atoms with Crippen molar-refractivity contribution in [2.45, 2.75) is 111 Å². The van der Waals surface area contributed by atoms with Gasteiger partial charge in [-0.2, -0.15) is 75.7 Å². The normalized spacial score (nSPS) is 13.6. The molecule has 27 nitrogen and oxygen atoms in total. The van der Waals surface area contributed by atoms with Crippen molar-refractivity contribution in [3.8, 4) is 41.0 Å². The maximum Gasteiger partial charge on any atom is 0.498 e. The van der Waals surface area contributed by atoms with E-state index in [2.05, 4.69) is 91.7 Å². The number of nitrogen functional groups attached to an aromatic ring is 4. The first-order chi connectivity index (χ1) is 57.7. The highest BCUT2D eigenvalue weighted by atomic mass is 79.9. The summed E-state index contributed by atoms with van der Waals surface area (Å²) in [6.07, 6.45) is -14.0. The number of ketones is 4. The minimum atomic E-state index is -4.99. The summed E-state index contributed by atoms with van der Waals surface area (Å²) < 4.78 is 256. The molecule has 1 fully saturated rings. The molecule has 0 aliphatic carbocycles. The fourth-order valence-corrected chi connectivity index (χ4v) is 12.4. The molecular weight excluding hydrogens is 1900 g/mol. The van der Waals surface area contributed by atoms with E-state index in [1.54, 1.807) is 39.8 Å². The van der Waals surface area contributed by atoms with Crippen LogP contribution in [-0.4, -0.2) is 123 Å². The van der Waals surface area contributed by atoms with Crippen LogP contribution in [0.25, 0.3) is 28.3 Å². The Kier molecular flexibility index (Phi) is 32.4. The van der Waals surface area contributed by atoms with Crippen LogP contribution in [0.3, 0.4) is 0 Å². The molecule has 2 aliphatic rings. The van der Waals surface area contributed by atoms with Crippen LogP contribution in [0.1, 0.15) is 159 Å². The molecule has 2 unspecified atom stereocenters. The number of hydrogen-bond donors (Lipinski definition) is 7. The molecule has 49 heteroatoms. The molecule has 6 heterocycles. The molecule has 0 spiro atoms. The average Bonchev–Trinajstić information content (AvgIpc) is 1.65. The molecule has 13 N–H and O–H groups in total. The highest BCUT2D eigenvalue weighted by Gasteiger charge is 2.49. The smallest absolute Gasteiger partial charge is 0.405 e. The first-order valence-electron chi connectivity index (χ1n) is 34.7. The number of carbonyl (C=O) groups excluding carboxylic acids is 6.